The van der Waals surface area contributed by atoms with Gasteiger partial charge in [0.1, 0.15) is 0 Å². The van der Waals surface area contributed by atoms with Crippen molar-refractivity contribution >= 4 is 29.1 Å². The highest BCUT2D eigenvalue weighted by atomic mass is 35.5. The molecule has 5 heteroatoms. The lowest BCUT2D eigenvalue weighted by atomic mass is 10.2. The molecule has 0 heterocycles. The van der Waals surface area contributed by atoms with Crippen LogP contribution in [-0.4, -0.2) is 30.9 Å². The summed E-state index contributed by atoms with van der Waals surface area (Å²) < 4.78 is 0. The van der Waals surface area contributed by atoms with Crippen LogP contribution in [0.5, 0.6) is 0 Å². The predicted octanol–water partition coefficient (Wildman–Crippen LogP) is 2.17. The zero-order valence-corrected chi connectivity index (χ0v) is 11.6. The molecule has 0 radical (unpaired) electrons. The highest BCUT2D eigenvalue weighted by molar-refractivity contribution is 6.42. The lowest BCUT2D eigenvalue weighted by Gasteiger charge is -2.16. The number of likely N-dealkylation sites (N-methyl/N-ethyl adjacent to an activating group) is 1. The molecule has 18 heavy (non-hydrogen) atoms. The summed E-state index contributed by atoms with van der Waals surface area (Å²) in [5.41, 5.74) is 0.997. The van der Waals surface area contributed by atoms with Crippen molar-refractivity contribution in [3.05, 3.63) is 33.8 Å². The van der Waals surface area contributed by atoms with Crippen molar-refractivity contribution < 1.29 is 4.79 Å². The molecule has 1 amide bonds. The van der Waals surface area contributed by atoms with Gasteiger partial charge in [0.2, 0.25) is 5.91 Å². The van der Waals surface area contributed by atoms with Gasteiger partial charge in [-0.1, -0.05) is 35.2 Å². The molecule has 0 fully saturated rings. The summed E-state index contributed by atoms with van der Waals surface area (Å²) in [6, 6.07) is 5.41. The summed E-state index contributed by atoms with van der Waals surface area (Å²) in [7, 11) is 1.85. The Morgan fingerprint density at radius 3 is 2.78 bits per heavy atom. The quantitative estimate of drug-likeness (QED) is 0.841. The molecule has 0 saturated heterocycles. The molecule has 1 aromatic rings. The van der Waals surface area contributed by atoms with E-state index in [0.717, 1.165) is 5.56 Å². The lowest BCUT2D eigenvalue weighted by molar-refractivity contribution is -0.121. The summed E-state index contributed by atoms with van der Waals surface area (Å²) in [5, 5.41) is 3.64. The van der Waals surface area contributed by atoms with Gasteiger partial charge >= 0.3 is 0 Å². The molecule has 0 spiro atoms. The third-order valence-electron chi connectivity index (χ3n) is 2.24. The number of amides is 1. The molecule has 0 atom stereocenters. The molecular weight excluding hydrogens is 271 g/mol. The smallest absolute Gasteiger partial charge is 0.234 e. The maximum Gasteiger partial charge on any atom is 0.234 e. The number of halogens is 2. The van der Waals surface area contributed by atoms with Crippen molar-refractivity contribution in [2.24, 2.45) is 0 Å². The number of rotatable bonds is 5. The number of carbonyl (C=O) groups is 1. The van der Waals surface area contributed by atoms with Gasteiger partial charge in [-0.15, -0.1) is 6.42 Å². The number of nitrogens with one attached hydrogen (secondary N) is 1. The van der Waals surface area contributed by atoms with Gasteiger partial charge < -0.3 is 5.32 Å². The SMILES string of the molecule is C#CCNC(=O)CN(C)Cc1ccc(Cl)c(Cl)c1. The third-order valence-corrected chi connectivity index (χ3v) is 2.98. The van der Waals surface area contributed by atoms with Crippen LogP contribution in [0.25, 0.3) is 0 Å². The third kappa shape index (κ3) is 4.97. The van der Waals surface area contributed by atoms with E-state index in [1.54, 1.807) is 12.1 Å². The average Bonchev–Trinajstić information content (AvgIpc) is 2.31. The van der Waals surface area contributed by atoms with Gasteiger partial charge in [-0.05, 0) is 24.7 Å². The summed E-state index contributed by atoms with van der Waals surface area (Å²) in [5.74, 6) is 2.25. The normalized spacial score (nSPS) is 10.2. The van der Waals surface area contributed by atoms with E-state index in [0.29, 0.717) is 16.6 Å². The fraction of sp³-hybridized carbons (Fsp3) is 0.308. The molecule has 1 N–H and O–H groups in total. The zero-order chi connectivity index (χ0) is 13.5. The first-order valence-electron chi connectivity index (χ1n) is 5.35. The molecule has 96 valence electrons. The van der Waals surface area contributed by atoms with E-state index in [1.807, 2.05) is 18.0 Å². The van der Waals surface area contributed by atoms with Crippen molar-refractivity contribution in [1.82, 2.24) is 10.2 Å². The predicted molar refractivity (Wildman–Crippen MR) is 74.6 cm³/mol. The van der Waals surface area contributed by atoms with Crippen LogP contribution < -0.4 is 5.32 Å². The van der Waals surface area contributed by atoms with Gasteiger partial charge in [0.25, 0.3) is 0 Å². The van der Waals surface area contributed by atoms with Crippen LogP contribution in [0, 0.1) is 12.3 Å². The Bertz CT molecular complexity index is 469. The van der Waals surface area contributed by atoms with Crippen molar-refractivity contribution in [2.75, 3.05) is 20.1 Å². The molecule has 0 aliphatic carbocycles. The Morgan fingerprint density at radius 2 is 2.17 bits per heavy atom. The summed E-state index contributed by atoms with van der Waals surface area (Å²) in [6.45, 7) is 1.14. The number of benzene rings is 1. The molecule has 0 bridgehead atoms. The molecule has 0 aliphatic heterocycles. The van der Waals surface area contributed by atoms with Crippen LogP contribution >= 0.6 is 23.2 Å². The highest BCUT2D eigenvalue weighted by Crippen LogP contribution is 2.22. The maximum absolute atomic E-state index is 11.4. The molecule has 1 rings (SSSR count). The Kier molecular flexibility index (Phi) is 6.00. The second kappa shape index (κ2) is 7.27. The number of hydrogen-bond donors (Lipinski definition) is 1. The minimum Gasteiger partial charge on any atom is -0.344 e. The first kappa shape index (κ1) is 14.8. The second-order valence-corrected chi connectivity index (χ2v) is 4.72. The van der Waals surface area contributed by atoms with E-state index in [-0.39, 0.29) is 19.0 Å². The summed E-state index contributed by atoms with van der Waals surface area (Å²) in [6.07, 6.45) is 5.06. The second-order valence-electron chi connectivity index (χ2n) is 3.90. The molecule has 1 aromatic carbocycles. The number of hydrogen-bond acceptors (Lipinski definition) is 2. The van der Waals surface area contributed by atoms with Crippen molar-refractivity contribution in [3.8, 4) is 12.3 Å². The Labute approximate surface area is 117 Å². The van der Waals surface area contributed by atoms with Crippen molar-refractivity contribution in [2.45, 2.75) is 6.54 Å². The molecule has 3 nitrogen and oxygen atoms in total. The standard InChI is InChI=1S/C13H14Cl2N2O/c1-3-6-16-13(18)9-17(2)8-10-4-5-11(14)12(15)7-10/h1,4-5,7H,6,8-9H2,2H3,(H,16,18). The van der Waals surface area contributed by atoms with E-state index >= 15 is 0 Å². The Hall–Kier alpha value is -1.21. The van der Waals surface area contributed by atoms with Gasteiger partial charge in [-0.25, -0.2) is 0 Å². The van der Waals surface area contributed by atoms with E-state index in [9.17, 15) is 4.79 Å². The van der Waals surface area contributed by atoms with Crippen LogP contribution in [0.2, 0.25) is 10.0 Å². The van der Waals surface area contributed by atoms with E-state index < -0.39 is 0 Å². The van der Waals surface area contributed by atoms with E-state index in [4.69, 9.17) is 29.6 Å². The maximum atomic E-state index is 11.4. The van der Waals surface area contributed by atoms with Crippen molar-refractivity contribution in [1.29, 1.82) is 0 Å². The van der Waals surface area contributed by atoms with Crippen LogP contribution in [-0.2, 0) is 11.3 Å². The molecule has 0 aliphatic rings. The van der Waals surface area contributed by atoms with Crippen LogP contribution in [0.4, 0.5) is 0 Å². The largest absolute Gasteiger partial charge is 0.344 e. The van der Waals surface area contributed by atoms with E-state index in [2.05, 4.69) is 11.2 Å². The van der Waals surface area contributed by atoms with Crippen LogP contribution in [0.3, 0.4) is 0 Å². The van der Waals surface area contributed by atoms with Gasteiger partial charge in [-0.3, -0.25) is 9.69 Å². The topological polar surface area (TPSA) is 32.3 Å². The number of nitrogens with zero attached hydrogens (tertiary/aromatic N) is 1. The molecule has 0 aromatic heterocycles. The van der Waals surface area contributed by atoms with Gasteiger partial charge in [0.05, 0.1) is 23.1 Å². The minimum absolute atomic E-state index is 0.101. The molecular formula is C13H14Cl2N2O. The summed E-state index contributed by atoms with van der Waals surface area (Å²) >= 11 is 11.7. The zero-order valence-electron chi connectivity index (χ0n) is 10.0. The summed E-state index contributed by atoms with van der Waals surface area (Å²) in [4.78, 5) is 13.3. The van der Waals surface area contributed by atoms with Crippen LogP contribution in [0.1, 0.15) is 5.56 Å². The number of terminal acetylenes is 1. The van der Waals surface area contributed by atoms with Gasteiger partial charge in [-0.2, -0.15) is 0 Å². The fourth-order valence-electron chi connectivity index (χ4n) is 1.46. The monoisotopic (exact) mass is 284 g/mol. The lowest BCUT2D eigenvalue weighted by Crippen LogP contribution is -2.34. The highest BCUT2D eigenvalue weighted by Gasteiger charge is 2.07. The van der Waals surface area contributed by atoms with Crippen LogP contribution in [0.15, 0.2) is 18.2 Å². The van der Waals surface area contributed by atoms with Gasteiger partial charge in [0, 0.05) is 6.54 Å². The number of carbonyl (C=O) groups excluding carboxylic acids is 1. The van der Waals surface area contributed by atoms with Crippen molar-refractivity contribution in [3.63, 3.8) is 0 Å². The van der Waals surface area contributed by atoms with Gasteiger partial charge in [0.15, 0.2) is 0 Å². The van der Waals surface area contributed by atoms with E-state index in [1.165, 1.54) is 0 Å². The Morgan fingerprint density at radius 1 is 1.44 bits per heavy atom. The first-order valence-corrected chi connectivity index (χ1v) is 6.11. The Balaban J connectivity index is 2.49. The fourth-order valence-corrected chi connectivity index (χ4v) is 1.78. The first-order chi connectivity index (χ1) is 8.52. The average molecular weight is 285 g/mol. The molecule has 0 unspecified atom stereocenters. The minimum atomic E-state index is -0.101. The molecule has 0 saturated carbocycles.